The van der Waals surface area contributed by atoms with Crippen LogP contribution in [0.25, 0.3) is 0 Å². The van der Waals surface area contributed by atoms with Crippen molar-refractivity contribution in [2.24, 2.45) is 5.92 Å². The van der Waals surface area contributed by atoms with E-state index in [1.165, 1.54) is 11.9 Å². The molecule has 0 bridgehead atoms. The standard InChI is InChI=1S/C16H22N4O/c1-12(2)10-21-16-14(17)15(19-11-20-16)18-9-8-13-6-4-3-5-7-13/h3-7,11-12H,8-10,17H2,1-2H3,(H,18,19,20). The van der Waals surface area contributed by atoms with Crippen molar-refractivity contribution in [1.82, 2.24) is 9.97 Å². The molecule has 2 aromatic rings. The fourth-order valence-corrected chi connectivity index (χ4v) is 1.85. The Balaban J connectivity index is 1.92. The molecule has 0 atom stereocenters. The number of anilines is 2. The lowest BCUT2D eigenvalue weighted by Crippen LogP contribution is -2.12. The molecule has 1 aromatic carbocycles. The van der Waals surface area contributed by atoms with Gasteiger partial charge >= 0.3 is 0 Å². The van der Waals surface area contributed by atoms with Crippen molar-refractivity contribution in [2.75, 3.05) is 24.2 Å². The molecule has 0 saturated carbocycles. The molecule has 0 aliphatic heterocycles. The second-order valence-corrected chi connectivity index (χ2v) is 5.31. The van der Waals surface area contributed by atoms with Gasteiger partial charge in [0.25, 0.3) is 0 Å². The van der Waals surface area contributed by atoms with Gasteiger partial charge in [-0.15, -0.1) is 0 Å². The summed E-state index contributed by atoms with van der Waals surface area (Å²) in [7, 11) is 0. The zero-order chi connectivity index (χ0) is 15.1. The molecule has 1 heterocycles. The molecule has 0 amide bonds. The maximum absolute atomic E-state index is 6.04. The molecule has 5 heteroatoms. The minimum absolute atomic E-state index is 0.425. The zero-order valence-corrected chi connectivity index (χ0v) is 12.5. The van der Waals surface area contributed by atoms with Crippen LogP contribution in [0.2, 0.25) is 0 Å². The lowest BCUT2D eigenvalue weighted by Gasteiger charge is -2.13. The van der Waals surface area contributed by atoms with E-state index in [1.807, 2.05) is 18.2 Å². The quantitative estimate of drug-likeness (QED) is 0.818. The van der Waals surface area contributed by atoms with Crippen molar-refractivity contribution in [1.29, 1.82) is 0 Å². The lowest BCUT2D eigenvalue weighted by molar-refractivity contribution is 0.262. The van der Waals surface area contributed by atoms with Gasteiger partial charge in [0.1, 0.15) is 12.0 Å². The summed E-state index contributed by atoms with van der Waals surface area (Å²) in [6, 6.07) is 10.3. The molecule has 0 aliphatic carbocycles. The van der Waals surface area contributed by atoms with E-state index in [9.17, 15) is 0 Å². The fourth-order valence-electron chi connectivity index (χ4n) is 1.85. The van der Waals surface area contributed by atoms with Crippen LogP contribution in [0.4, 0.5) is 11.5 Å². The van der Waals surface area contributed by atoms with Crippen LogP contribution >= 0.6 is 0 Å². The molecular weight excluding hydrogens is 264 g/mol. The van der Waals surface area contributed by atoms with Crippen LogP contribution in [0, 0.1) is 5.92 Å². The van der Waals surface area contributed by atoms with Gasteiger partial charge in [-0.25, -0.2) is 4.98 Å². The number of benzene rings is 1. The summed E-state index contributed by atoms with van der Waals surface area (Å²) in [4.78, 5) is 8.25. The summed E-state index contributed by atoms with van der Waals surface area (Å²) in [6.45, 7) is 5.51. The average Bonchev–Trinajstić information content (AvgIpc) is 2.49. The minimum atomic E-state index is 0.425. The first kappa shape index (κ1) is 15.1. The fraction of sp³-hybridized carbons (Fsp3) is 0.375. The Hall–Kier alpha value is -2.30. The number of ether oxygens (including phenoxy) is 1. The molecule has 5 nitrogen and oxygen atoms in total. The lowest BCUT2D eigenvalue weighted by atomic mass is 10.1. The van der Waals surface area contributed by atoms with Crippen molar-refractivity contribution in [3.05, 3.63) is 42.2 Å². The molecular formula is C16H22N4O. The second-order valence-electron chi connectivity index (χ2n) is 5.31. The van der Waals surface area contributed by atoms with Gasteiger partial charge in [0, 0.05) is 6.54 Å². The summed E-state index contributed by atoms with van der Waals surface area (Å²) in [5, 5.41) is 3.23. The van der Waals surface area contributed by atoms with Gasteiger partial charge < -0.3 is 15.8 Å². The van der Waals surface area contributed by atoms with E-state index in [-0.39, 0.29) is 0 Å². The molecule has 3 N–H and O–H groups in total. The molecule has 0 saturated heterocycles. The second kappa shape index (κ2) is 7.47. The molecule has 1 aromatic heterocycles. The number of aromatic nitrogens is 2. The van der Waals surface area contributed by atoms with Crippen LogP contribution in [0.15, 0.2) is 36.7 Å². The smallest absolute Gasteiger partial charge is 0.242 e. The van der Waals surface area contributed by atoms with Crippen LogP contribution in [-0.2, 0) is 6.42 Å². The summed E-state index contributed by atoms with van der Waals surface area (Å²) in [5.41, 5.74) is 7.77. The topological polar surface area (TPSA) is 73.1 Å². The van der Waals surface area contributed by atoms with E-state index in [2.05, 4.69) is 41.3 Å². The summed E-state index contributed by atoms with van der Waals surface area (Å²) in [5.74, 6) is 1.49. The third-order valence-corrected chi connectivity index (χ3v) is 2.95. The Morgan fingerprint density at radius 3 is 2.67 bits per heavy atom. The van der Waals surface area contributed by atoms with E-state index < -0.39 is 0 Å². The molecule has 0 spiro atoms. The van der Waals surface area contributed by atoms with E-state index in [4.69, 9.17) is 10.5 Å². The normalized spacial score (nSPS) is 10.6. The first-order valence-corrected chi connectivity index (χ1v) is 7.18. The molecule has 0 aliphatic rings. The van der Waals surface area contributed by atoms with Crippen LogP contribution in [0.3, 0.4) is 0 Å². The third-order valence-electron chi connectivity index (χ3n) is 2.95. The molecule has 112 valence electrons. The van der Waals surface area contributed by atoms with Gasteiger partial charge in [-0.3, -0.25) is 0 Å². The SMILES string of the molecule is CC(C)COc1ncnc(NCCc2ccccc2)c1N. The Labute approximate surface area is 125 Å². The van der Waals surface area contributed by atoms with Gasteiger partial charge in [-0.1, -0.05) is 44.2 Å². The Morgan fingerprint density at radius 2 is 1.95 bits per heavy atom. The van der Waals surface area contributed by atoms with Gasteiger partial charge in [0.2, 0.25) is 5.88 Å². The average molecular weight is 286 g/mol. The number of nitrogens with zero attached hydrogens (tertiary/aromatic N) is 2. The van der Waals surface area contributed by atoms with Gasteiger partial charge in [-0.2, -0.15) is 4.98 Å². The summed E-state index contributed by atoms with van der Waals surface area (Å²) < 4.78 is 5.59. The molecule has 0 fully saturated rings. The van der Waals surface area contributed by atoms with Crippen molar-refractivity contribution in [3.8, 4) is 5.88 Å². The number of rotatable bonds is 7. The van der Waals surface area contributed by atoms with Crippen LogP contribution in [-0.4, -0.2) is 23.1 Å². The number of hydrogen-bond donors (Lipinski definition) is 2. The Bertz CT molecular complexity index is 557. The first-order chi connectivity index (χ1) is 10.2. The van der Waals surface area contributed by atoms with Crippen molar-refractivity contribution >= 4 is 11.5 Å². The predicted octanol–water partition coefficient (Wildman–Crippen LogP) is 2.75. The van der Waals surface area contributed by atoms with E-state index in [0.717, 1.165) is 13.0 Å². The highest BCUT2D eigenvalue weighted by molar-refractivity contribution is 5.66. The predicted molar refractivity (Wildman–Crippen MR) is 85.4 cm³/mol. The van der Waals surface area contributed by atoms with Crippen molar-refractivity contribution in [3.63, 3.8) is 0 Å². The van der Waals surface area contributed by atoms with Gasteiger partial charge in [0.15, 0.2) is 5.82 Å². The maximum Gasteiger partial charge on any atom is 0.242 e. The highest BCUT2D eigenvalue weighted by Gasteiger charge is 2.09. The van der Waals surface area contributed by atoms with E-state index in [1.54, 1.807) is 0 Å². The van der Waals surface area contributed by atoms with Crippen LogP contribution in [0.5, 0.6) is 5.88 Å². The highest BCUT2D eigenvalue weighted by Crippen LogP contribution is 2.24. The largest absolute Gasteiger partial charge is 0.476 e. The summed E-state index contributed by atoms with van der Waals surface area (Å²) in [6.07, 6.45) is 2.38. The monoisotopic (exact) mass is 286 g/mol. The Kier molecular flexibility index (Phi) is 5.37. The van der Waals surface area contributed by atoms with Gasteiger partial charge in [-0.05, 0) is 17.9 Å². The molecule has 21 heavy (non-hydrogen) atoms. The highest BCUT2D eigenvalue weighted by atomic mass is 16.5. The molecule has 0 radical (unpaired) electrons. The van der Waals surface area contributed by atoms with E-state index in [0.29, 0.717) is 29.9 Å². The Morgan fingerprint density at radius 1 is 1.19 bits per heavy atom. The number of nitrogens with two attached hydrogens (primary N) is 1. The van der Waals surface area contributed by atoms with Crippen LogP contribution < -0.4 is 15.8 Å². The molecule has 0 unspecified atom stereocenters. The zero-order valence-electron chi connectivity index (χ0n) is 12.5. The first-order valence-electron chi connectivity index (χ1n) is 7.18. The number of hydrogen-bond acceptors (Lipinski definition) is 5. The van der Waals surface area contributed by atoms with Crippen molar-refractivity contribution < 1.29 is 4.74 Å². The number of nitrogen functional groups attached to an aromatic ring is 1. The summed E-state index contributed by atoms with van der Waals surface area (Å²) >= 11 is 0. The van der Waals surface area contributed by atoms with Gasteiger partial charge in [0.05, 0.1) is 6.61 Å². The third kappa shape index (κ3) is 4.63. The van der Waals surface area contributed by atoms with Crippen molar-refractivity contribution in [2.45, 2.75) is 20.3 Å². The van der Waals surface area contributed by atoms with E-state index >= 15 is 0 Å². The molecule has 2 rings (SSSR count). The maximum atomic E-state index is 6.04. The van der Waals surface area contributed by atoms with Crippen LogP contribution in [0.1, 0.15) is 19.4 Å². The minimum Gasteiger partial charge on any atom is -0.476 e. The number of nitrogens with one attached hydrogen (secondary N) is 1.